The molecule has 1 aromatic rings. The third-order valence-electron chi connectivity index (χ3n) is 2.54. The maximum Gasteiger partial charge on any atom is 0.123 e. The highest BCUT2D eigenvalue weighted by Gasteiger charge is 2.10. The highest BCUT2D eigenvalue weighted by molar-refractivity contribution is 5.53. The fraction of sp³-hybridized carbons (Fsp3) is 0.538. The Hall–Kier alpha value is -1.22. The van der Waals surface area contributed by atoms with Gasteiger partial charge in [0.25, 0.3) is 0 Å². The summed E-state index contributed by atoms with van der Waals surface area (Å²) in [5, 5.41) is 19.2. The Bertz CT molecular complexity index is 348. The van der Waals surface area contributed by atoms with E-state index in [-0.39, 0.29) is 5.75 Å². The molecule has 1 rings (SSSR count). The van der Waals surface area contributed by atoms with Crippen LogP contribution in [0.5, 0.6) is 5.75 Å². The molecule has 16 heavy (non-hydrogen) atoms. The zero-order valence-corrected chi connectivity index (χ0v) is 10.4. The van der Waals surface area contributed by atoms with E-state index in [0.29, 0.717) is 11.5 Å². The molecule has 0 amide bonds. The first-order valence-corrected chi connectivity index (χ1v) is 5.64. The summed E-state index contributed by atoms with van der Waals surface area (Å²) in [5.41, 5.74) is 1.54. The number of nitrogens with zero attached hydrogens (tertiary/aromatic N) is 1. The quantitative estimate of drug-likeness (QED) is 0.824. The van der Waals surface area contributed by atoms with E-state index in [0.717, 1.165) is 12.2 Å². The van der Waals surface area contributed by atoms with Crippen molar-refractivity contribution in [1.29, 1.82) is 0 Å². The second-order valence-corrected chi connectivity index (χ2v) is 4.69. The van der Waals surface area contributed by atoms with Crippen molar-refractivity contribution >= 4 is 5.69 Å². The molecule has 3 heteroatoms. The van der Waals surface area contributed by atoms with Crippen LogP contribution in [0.4, 0.5) is 5.69 Å². The van der Waals surface area contributed by atoms with E-state index in [1.807, 2.05) is 13.1 Å². The van der Waals surface area contributed by atoms with Gasteiger partial charge in [-0.2, -0.15) is 0 Å². The van der Waals surface area contributed by atoms with Crippen molar-refractivity contribution in [3.05, 3.63) is 23.8 Å². The molecule has 3 nitrogen and oxygen atoms in total. The lowest BCUT2D eigenvalue weighted by atomic mass is 10.1. The van der Waals surface area contributed by atoms with Crippen molar-refractivity contribution in [3.8, 4) is 5.75 Å². The summed E-state index contributed by atoms with van der Waals surface area (Å²) in [6.07, 6.45) is -0.635. The minimum Gasteiger partial charge on any atom is -0.507 e. The second-order valence-electron chi connectivity index (χ2n) is 4.69. The lowest BCUT2D eigenvalue weighted by molar-refractivity contribution is 0.195. The molecule has 0 bridgehead atoms. The number of hydrogen-bond donors (Lipinski definition) is 2. The number of phenols is 1. The second kappa shape index (κ2) is 5.21. The Balaban J connectivity index is 2.88. The number of hydrogen-bond acceptors (Lipinski definition) is 3. The summed E-state index contributed by atoms with van der Waals surface area (Å²) in [6.45, 7) is 6.89. The number of benzene rings is 1. The Morgan fingerprint density at radius 1 is 1.25 bits per heavy atom. The largest absolute Gasteiger partial charge is 0.507 e. The fourth-order valence-corrected chi connectivity index (χ4v) is 1.78. The van der Waals surface area contributed by atoms with Crippen molar-refractivity contribution < 1.29 is 10.2 Å². The normalized spacial score (nSPS) is 12.9. The third-order valence-corrected chi connectivity index (χ3v) is 2.54. The number of aromatic hydroxyl groups is 1. The van der Waals surface area contributed by atoms with Crippen LogP contribution in [0.1, 0.15) is 32.4 Å². The van der Waals surface area contributed by atoms with Gasteiger partial charge in [0.05, 0.1) is 6.10 Å². The fourth-order valence-electron chi connectivity index (χ4n) is 1.78. The minimum atomic E-state index is -0.635. The maximum atomic E-state index is 9.76. The molecular formula is C13H21NO2. The molecule has 90 valence electrons. The summed E-state index contributed by atoms with van der Waals surface area (Å²) < 4.78 is 0. The Morgan fingerprint density at radius 2 is 1.88 bits per heavy atom. The van der Waals surface area contributed by atoms with E-state index < -0.39 is 6.10 Å². The van der Waals surface area contributed by atoms with Gasteiger partial charge >= 0.3 is 0 Å². The van der Waals surface area contributed by atoms with Gasteiger partial charge in [0.2, 0.25) is 0 Å². The molecule has 0 aliphatic carbocycles. The average Bonchev–Trinajstić information content (AvgIpc) is 2.15. The molecule has 0 radical (unpaired) electrons. The number of rotatable bonds is 4. The van der Waals surface area contributed by atoms with Crippen LogP contribution in [-0.4, -0.2) is 23.8 Å². The van der Waals surface area contributed by atoms with Crippen molar-refractivity contribution in [2.45, 2.75) is 26.9 Å². The maximum absolute atomic E-state index is 9.76. The summed E-state index contributed by atoms with van der Waals surface area (Å²) in [4.78, 5) is 2.09. The molecular weight excluding hydrogens is 202 g/mol. The highest BCUT2D eigenvalue weighted by Crippen LogP contribution is 2.28. The molecule has 1 aromatic carbocycles. The van der Waals surface area contributed by atoms with Gasteiger partial charge in [-0.25, -0.2) is 0 Å². The van der Waals surface area contributed by atoms with E-state index in [4.69, 9.17) is 0 Å². The lowest BCUT2D eigenvalue weighted by Gasteiger charge is -2.22. The van der Waals surface area contributed by atoms with Gasteiger partial charge in [-0.15, -0.1) is 0 Å². The Morgan fingerprint density at radius 3 is 2.31 bits per heavy atom. The van der Waals surface area contributed by atoms with Crippen LogP contribution in [0.2, 0.25) is 0 Å². The molecule has 0 aliphatic rings. The van der Waals surface area contributed by atoms with Crippen molar-refractivity contribution in [1.82, 2.24) is 0 Å². The zero-order valence-electron chi connectivity index (χ0n) is 10.4. The summed E-state index contributed by atoms with van der Waals surface area (Å²) in [5.74, 6) is 0.728. The van der Waals surface area contributed by atoms with Crippen LogP contribution in [0.15, 0.2) is 18.2 Å². The monoisotopic (exact) mass is 223 g/mol. The van der Waals surface area contributed by atoms with Crippen LogP contribution < -0.4 is 4.90 Å². The number of aliphatic hydroxyl groups excluding tert-OH is 1. The van der Waals surface area contributed by atoms with Gasteiger partial charge in [-0.05, 0) is 18.9 Å². The predicted octanol–water partition coefficient (Wildman–Crippen LogP) is 2.54. The topological polar surface area (TPSA) is 43.7 Å². The Labute approximate surface area is 97.3 Å². The molecule has 0 heterocycles. The molecule has 0 aliphatic heterocycles. The summed E-state index contributed by atoms with van der Waals surface area (Å²) in [6, 6.07) is 5.39. The molecule has 0 saturated carbocycles. The van der Waals surface area contributed by atoms with E-state index >= 15 is 0 Å². The molecule has 1 unspecified atom stereocenters. The van der Waals surface area contributed by atoms with E-state index in [9.17, 15) is 10.2 Å². The minimum absolute atomic E-state index is 0.156. The molecule has 2 N–H and O–H groups in total. The summed E-state index contributed by atoms with van der Waals surface area (Å²) >= 11 is 0. The molecule has 0 spiro atoms. The highest BCUT2D eigenvalue weighted by atomic mass is 16.3. The molecule has 0 aromatic heterocycles. The molecule has 0 saturated heterocycles. The Kier molecular flexibility index (Phi) is 4.19. The van der Waals surface area contributed by atoms with Crippen molar-refractivity contribution in [2.24, 2.45) is 5.92 Å². The number of anilines is 1. The van der Waals surface area contributed by atoms with Crippen molar-refractivity contribution in [2.75, 3.05) is 18.5 Å². The van der Waals surface area contributed by atoms with Crippen LogP contribution in [0.25, 0.3) is 0 Å². The first-order valence-electron chi connectivity index (χ1n) is 5.64. The smallest absolute Gasteiger partial charge is 0.123 e. The summed E-state index contributed by atoms with van der Waals surface area (Å²) in [7, 11) is 2.00. The molecule has 0 fully saturated rings. The van der Waals surface area contributed by atoms with E-state index in [2.05, 4.69) is 18.7 Å². The van der Waals surface area contributed by atoms with E-state index in [1.54, 1.807) is 19.1 Å². The standard InChI is InChI=1S/C13H21NO2/c1-9(2)8-14(4)11-5-6-12(10(3)15)13(16)7-11/h5-7,9-10,15-16H,8H2,1-4H3. The van der Waals surface area contributed by atoms with Gasteiger partial charge in [0, 0.05) is 30.9 Å². The van der Waals surface area contributed by atoms with Crippen LogP contribution in [0.3, 0.4) is 0 Å². The van der Waals surface area contributed by atoms with Gasteiger partial charge < -0.3 is 15.1 Å². The van der Waals surface area contributed by atoms with Crippen LogP contribution in [-0.2, 0) is 0 Å². The van der Waals surface area contributed by atoms with Gasteiger partial charge in [0.1, 0.15) is 5.75 Å². The van der Waals surface area contributed by atoms with Gasteiger partial charge in [-0.1, -0.05) is 19.9 Å². The van der Waals surface area contributed by atoms with Crippen molar-refractivity contribution in [3.63, 3.8) is 0 Å². The predicted molar refractivity (Wildman–Crippen MR) is 66.8 cm³/mol. The van der Waals surface area contributed by atoms with Gasteiger partial charge in [-0.3, -0.25) is 0 Å². The average molecular weight is 223 g/mol. The van der Waals surface area contributed by atoms with Crippen LogP contribution in [0, 0.1) is 5.92 Å². The van der Waals surface area contributed by atoms with E-state index in [1.165, 1.54) is 0 Å². The SMILES string of the molecule is CC(C)CN(C)c1ccc(C(C)O)c(O)c1. The lowest BCUT2D eigenvalue weighted by Crippen LogP contribution is -2.22. The number of aliphatic hydroxyl groups is 1. The third kappa shape index (κ3) is 3.14. The van der Waals surface area contributed by atoms with Gasteiger partial charge in [0.15, 0.2) is 0 Å². The zero-order chi connectivity index (χ0) is 12.3. The number of phenolic OH excluding ortho intramolecular Hbond substituents is 1. The molecule has 1 atom stereocenters. The first-order chi connectivity index (χ1) is 7.41. The van der Waals surface area contributed by atoms with Crippen LogP contribution >= 0.6 is 0 Å². The first kappa shape index (κ1) is 12.8.